The second-order valence-corrected chi connectivity index (χ2v) is 4.43. The lowest BCUT2D eigenvalue weighted by Crippen LogP contribution is -2.06. The molecule has 1 aromatic carbocycles. The molecule has 0 amide bonds. The van der Waals surface area contributed by atoms with Crippen LogP contribution in [-0.4, -0.2) is 16.8 Å². The van der Waals surface area contributed by atoms with Crippen LogP contribution in [0.4, 0.5) is 4.39 Å². The lowest BCUT2D eigenvalue weighted by Gasteiger charge is -2.08. The summed E-state index contributed by atoms with van der Waals surface area (Å²) >= 11 is 5.99. The third kappa shape index (κ3) is 2.40. The number of hydrogen-bond acceptors (Lipinski definition) is 2. The summed E-state index contributed by atoms with van der Waals surface area (Å²) in [5.74, 6) is -0.322. The van der Waals surface area contributed by atoms with Gasteiger partial charge in [0.1, 0.15) is 0 Å². The first-order valence-corrected chi connectivity index (χ1v) is 6.19. The first-order valence-electron chi connectivity index (χ1n) is 5.82. The van der Waals surface area contributed by atoms with Crippen molar-refractivity contribution in [2.75, 3.05) is 7.05 Å². The van der Waals surface area contributed by atoms with Crippen molar-refractivity contribution in [1.29, 1.82) is 0 Å². The zero-order chi connectivity index (χ0) is 13.1. The normalized spacial score (nSPS) is 10.9. The van der Waals surface area contributed by atoms with Crippen LogP contribution in [0.5, 0.6) is 0 Å². The molecule has 3 nitrogen and oxygen atoms in total. The molecule has 1 aromatic heterocycles. The van der Waals surface area contributed by atoms with E-state index in [1.165, 1.54) is 4.68 Å². The van der Waals surface area contributed by atoms with Gasteiger partial charge in [-0.25, -0.2) is 4.68 Å². The molecule has 0 aliphatic rings. The van der Waals surface area contributed by atoms with Crippen molar-refractivity contribution < 1.29 is 4.39 Å². The highest BCUT2D eigenvalue weighted by Crippen LogP contribution is 2.29. The van der Waals surface area contributed by atoms with Crippen LogP contribution in [0.3, 0.4) is 0 Å². The van der Waals surface area contributed by atoms with Gasteiger partial charge < -0.3 is 5.32 Å². The van der Waals surface area contributed by atoms with Gasteiger partial charge in [0.25, 0.3) is 0 Å². The molecule has 0 atom stereocenters. The van der Waals surface area contributed by atoms with Gasteiger partial charge in [0.15, 0.2) is 0 Å². The maximum atomic E-state index is 14.1. The molecule has 0 saturated carbocycles. The molecule has 0 unspecified atom stereocenters. The van der Waals surface area contributed by atoms with E-state index in [0.717, 1.165) is 11.1 Å². The van der Waals surface area contributed by atoms with Gasteiger partial charge in [-0.1, -0.05) is 17.7 Å². The number of halogens is 2. The summed E-state index contributed by atoms with van der Waals surface area (Å²) in [7, 11) is 1.85. The van der Waals surface area contributed by atoms with E-state index in [0.29, 0.717) is 23.7 Å². The number of benzene rings is 1. The molecule has 1 heterocycles. The van der Waals surface area contributed by atoms with Crippen molar-refractivity contribution in [3.05, 3.63) is 40.9 Å². The van der Waals surface area contributed by atoms with Gasteiger partial charge in [-0.3, -0.25) is 0 Å². The number of hydrogen-bond donors (Lipinski definition) is 1. The number of nitrogens with zero attached hydrogens (tertiary/aromatic N) is 2. The summed E-state index contributed by atoms with van der Waals surface area (Å²) in [5, 5.41) is 7.67. The monoisotopic (exact) mass is 267 g/mol. The molecule has 0 saturated heterocycles. The van der Waals surface area contributed by atoms with Gasteiger partial charge in [-0.2, -0.15) is 9.49 Å². The van der Waals surface area contributed by atoms with Gasteiger partial charge in [-0.15, -0.1) is 0 Å². The van der Waals surface area contributed by atoms with Crippen LogP contribution in [-0.2, 0) is 13.1 Å². The van der Waals surface area contributed by atoms with Gasteiger partial charge in [0.05, 0.1) is 11.8 Å². The second-order valence-electron chi connectivity index (χ2n) is 4.00. The van der Waals surface area contributed by atoms with Crippen LogP contribution in [0.2, 0.25) is 5.02 Å². The standard InChI is InChI=1S/C13H15ClFN3/c1-3-18-13(15)12(8-17-18)11-6-10(14)5-4-9(11)7-16-2/h4-6,8,16H,3,7H2,1-2H3. The van der Waals surface area contributed by atoms with E-state index < -0.39 is 0 Å². The van der Waals surface area contributed by atoms with E-state index in [1.54, 1.807) is 18.3 Å². The molecule has 0 bridgehead atoms. The van der Waals surface area contributed by atoms with Crippen LogP contribution in [0.15, 0.2) is 24.4 Å². The largest absolute Gasteiger partial charge is 0.316 e. The Labute approximate surface area is 111 Å². The summed E-state index contributed by atoms with van der Waals surface area (Å²) in [6, 6.07) is 5.48. The molecule has 18 heavy (non-hydrogen) atoms. The van der Waals surface area contributed by atoms with Gasteiger partial charge in [0.2, 0.25) is 5.95 Å². The van der Waals surface area contributed by atoms with Gasteiger partial charge >= 0.3 is 0 Å². The minimum absolute atomic E-state index is 0.322. The van der Waals surface area contributed by atoms with E-state index >= 15 is 0 Å². The molecule has 2 aromatic rings. The Hall–Kier alpha value is -1.39. The maximum absolute atomic E-state index is 14.1. The number of rotatable bonds is 4. The quantitative estimate of drug-likeness (QED) is 0.923. The first kappa shape index (κ1) is 13.1. The number of nitrogens with one attached hydrogen (secondary N) is 1. The van der Waals surface area contributed by atoms with Crippen molar-refractivity contribution in [1.82, 2.24) is 15.1 Å². The Kier molecular flexibility index (Phi) is 3.99. The van der Waals surface area contributed by atoms with Crippen LogP contribution < -0.4 is 5.32 Å². The van der Waals surface area contributed by atoms with Crippen LogP contribution >= 0.6 is 11.6 Å². The summed E-state index contributed by atoms with van der Waals surface area (Å²) in [5.41, 5.74) is 2.27. The SMILES string of the molecule is CCn1ncc(-c2cc(Cl)ccc2CNC)c1F. The maximum Gasteiger partial charge on any atom is 0.219 e. The van der Waals surface area contributed by atoms with Gasteiger partial charge in [-0.05, 0) is 37.2 Å². The summed E-state index contributed by atoms with van der Waals surface area (Å²) in [6.45, 7) is 3.02. The number of aryl methyl sites for hydroxylation is 1. The Morgan fingerprint density at radius 3 is 2.78 bits per heavy atom. The summed E-state index contributed by atoms with van der Waals surface area (Å²) in [4.78, 5) is 0. The van der Waals surface area contributed by atoms with E-state index in [1.807, 2.05) is 20.0 Å². The lowest BCUT2D eigenvalue weighted by atomic mass is 10.0. The highest BCUT2D eigenvalue weighted by Gasteiger charge is 2.14. The van der Waals surface area contributed by atoms with E-state index in [9.17, 15) is 4.39 Å². The van der Waals surface area contributed by atoms with Crippen molar-refractivity contribution in [2.24, 2.45) is 0 Å². The predicted octanol–water partition coefficient (Wildman–Crippen LogP) is 3.08. The first-order chi connectivity index (χ1) is 8.67. The van der Waals surface area contributed by atoms with E-state index in [-0.39, 0.29) is 5.95 Å². The molecular weight excluding hydrogens is 253 g/mol. The van der Waals surface area contributed by atoms with Crippen LogP contribution in [0, 0.1) is 5.95 Å². The van der Waals surface area contributed by atoms with Crippen molar-refractivity contribution >= 4 is 11.6 Å². The Bertz CT molecular complexity index is 551. The molecule has 1 N–H and O–H groups in total. The zero-order valence-corrected chi connectivity index (χ0v) is 11.1. The molecule has 0 fully saturated rings. The smallest absolute Gasteiger partial charge is 0.219 e. The molecule has 0 radical (unpaired) electrons. The molecule has 0 aliphatic heterocycles. The molecule has 5 heteroatoms. The van der Waals surface area contributed by atoms with Gasteiger partial charge in [0, 0.05) is 18.1 Å². The fourth-order valence-corrected chi connectivity index (χ4v) is 2.09. The average molecular weight is 268 g/mol. The number of aromatic nitrogens is 2. The molecular formula is C13H15ClFN3. The minimum Gasteiger partial charge on any atom is -0.316 e. The van der Waals surface area contributed by atoms with Crippen molar-refractivity contribution in [3.63, 3.8) is 0 Å². The van der Waals surface area contributed by atoms with E-state index in [4.69, 9.17) is 11.6 Å². The Morgan fingerprint density at radius 2 is 2.17 bits per heavy atom. The van der Waals surface area contributed by atoms with Crippen LogP contribution in [0.1, 0.15) is 12.5 Å². The average Bonchev–Trinajstić information content (AvgIpc) is 2.73. The summed E-state index contributed by atoms with van der Waals surface area (Å²) in [6.07, 6.45) is 1.55. The Morgan fingerprint density at radius 1 is 1.39 bits per heavy atom. The molecule has 0 aliphatic carbocycles. The third-order valence-electron chi connectivity index (χ3n) is 2.80. The topological polar surface area (TPSA) is 29.9 Å². The predicted molar refractivity (Wildman–Crippen MR) is 71.1 cm³/mol. The lowest BCUT2D eigenvalue weighted by molar-refractivity contribution is 0.473. The van der Waals surface area contributed by atoms with Crippen molar-refractivity contribution in [3.8, 4) is 11.1 Å². The molecule has 2 rings (SSSR count). The molecule has 96 valence electrons. The minimum atomic E-state index is -0.322. The summed E-state index contributed by atoms with van der Waals surface area (Å²) < 4.78 is 15.4. The second kappa shape index (κ2) is 5.50. The van der Waals surface area contributed by atoms with Crippen LogP contribution in [0.25, 0.3) is 11.1 Å². The van der Waals surface area contributed by atoms with E-state index in [2.05, 4.69) is 10.4 Å². The highest BCUT2D eigenvalue weighted by atomic mass is 35.5. The fourth-order valence-electron chi connectivity index (χ4n) is 1.92. The highest BCUT2D eigenvalue weighted by molar-refractivity contribution is 6.30. The van der Waals surface area contributed by atoms with Crippen molar-refractivity contribution in [2.45, 2.75) is 20.0 Å². The third-order valence-corrected chi connectivity index (χ3v) is 3.04. The fraction of sp³-hybridized carbons (Fsp3) is 0.308. The Balaban J connectivity index is 2.54. The molecule has 0 spiro atoms. The zero-order valence-electron chi connectivity index (χ0n) is 10.4.